The third-order valence-corrected chi connectivity index (χ3v) is 4.01. The van der Waals surface area contributed by atoms with Crippen molar-refractivity contribution >= 4 is 27.5 Å². The van der Waals surface area contributed by atoms with Crippen LogP contribution in [0, 0.1) is 0 Å². The first-order chi connectivity index (χ1) is 8.52. The van der Waals surface area contributed by atoms with Crippen molar-refractivity contribution in [2.45, 2.75) is 18.4 Å². The molecule has 5 heteroatoms. The van der Waals surface area contributed by atoms with E-state index in [2.05, 4.69) is 33.2 Å². The average Bonchev–Trinajstić information content (AvgIpc) is 2.32. The molecule has 18 heavy (non-hydrogen) atoms. The van der Waals surface area contributed by atoms with Gasteiger partial charge in [0.15, 0.2) is 0 Å². The summed E-state index contributed by atoms with van der Waals surface area (Å²) in [7, 11) is 2.06. The van der Waals surface area contributed by atoms with Gasteiger partial charge in [0.1, 0.15) is 5.54 Å². The molecule has 0 radical (unpaired) electrons. The van der Waals surface area contributed by atoms with Crippen molar-refractivity contribution in [3.63, 3.8) is 0 Å². The highest BCUT2D eigenvalue weighted by Gasteiger charge is 2.39. The molecule has 1 fully saturated rings. The number of primary amides is 1. The van der Waals surface area contributed by atoms with Gasteiger partial charge >= 0.3 is 0 Å². The molecule has 98 valence electrons. The molecule has 0 saturated carbocycles. The molecule has 4 nitrogen and oxygen atoms in total. The molecule has 0 atom stereocenters. The average molecular weight is 312 g/mol. The molecule has 2 rings (SSSR count). The Morgan fingerprint density at radius 3 is 2.67 bits per heavy atom. The van der Waals surface area contributed by atoms with Crippen LogP contribution in [0.2, 0.25) is 0 Å². The van der Waals surface area contributed by atoms with Crippen molar-refractivity contribution in [2.24, 2.45) is 5.73 Å². The largest absolute Gasteiger partial charge is 0.371 e. The van der Waals surface area contributed by atoms with E-state index < -0.39 is 5.54 Å². The number of amides is 1. The smallest absolute Gasteiger partial charge is 0.243 e. The number of anilines is 1. The van der Waals surface area contributed by atoms with Crippen LogP contribution < -0.4 is 11.1 Å². The van der Waals surface area contributed by atoms with Crippen LogP contribution in [0.5, 0.6) is 0 Å². The molecule has 1 saturated heterocycles. The monoisotopic (exact) mass is 311 g/mol. The van der Waals surface area contributed by atoms with E-state index >= 15 is 0 Å². The van der Waals surface area contributed by atoms with Crippen LogP contribution in [-0.4, -0.2) is 36.5 Å². The number of nitrogens with one attached hydrogen (secondary N) is 1. The molecule has 1 aliphatic rings. The van der Waals surface area contributed by atoms with Crippen molar-refractivity contribution in [3.8, 4) is 0 Å². The lowest BCUT2D eigenvalue weighted by molar-refractivity contribution is -0.123. The van der Waals surface area contributed by atoms with E-state index in [9.17, 15) is 4.79 Å². The fourth-order valence-corrected chi connectivity index (χ4v) is 2.68. The predicted molar refractivity (Wildman–Crippen MR) is 76.4 cm³/mol. The summed E-state index contributed by atoms with van der Waals surface area (Å²) in [5, 5.41) is 3.32. The minimum Gasteiger partial charge on any atom is -0.371 e. The number of hydrogen-bond donors (Lipinski definition) is 2. The third-order valence-electron chi connectivity index (χ3n) is 3.52. The fourth-order valence-electron chi connectivity index (χ4n) is 2.28. The van der Waals surface area contributed by atoms with E-state index in [1.54, 1.807) is 0 Å². The van der Waals surface area contributed by atoms with Gasteiger partial charge in [0, 0.05) is 23.2 Å². The van der Waals surface area contributed by atoms with Crippen LogP contribution in [-0.2, 0) is 4.79 Å². The maximum atomic E-state index is 11.8. The molecule has 1 aliphatic heterocycles. The molecule has 3 N–H and O–H groups in total. The lowest BCUT2D eigenvalue weighted by atomic mass is 9.86. The number of halogens is 1. The number of rotatable bonds is 3. The molecule has 1 amide bonds. The zero-order valence-corrected chi connectivity index (χ0v) is 12.0. The zero-order chi connectivity index (χ0) is 13.2. The van der Waals surface area contributed by atoms with Crippen molar-refractivity contribution in [1.82, 2.24) is 4.90 Å². The van der Waals surface area contributed by atoms with Crippen molar-refractivity contribution in [3.05, 3.63) is 28.7 Å². The summed E-state index contributed by atoms with van der Waals surface area (Å²) in [5.74, 6) is -0.268. The van der Waals surface area contributed by atoms with E-state index in [1.807, 2.05) is 24.3 Å². The molecule has 0 aromatic heterocycles. The van der Waals surface area contributed by atoms with Crippen LogP contribution in [0.3, 0.4) is 0 Å². The molecule has 1 aromatic carbocycles. The number of carbonyl (C=O) groups excluding carboxylic acids is 1. The summed E-state index contributed by atoms with van der Waals surface area (Å²) in [4.78, 5) is 14.0. The molecular weight excluding hydrogens is 294 g/mol. The quantitative estimate of drug-likeness (QED) is 0.895. The summed E-state index contributed by atoms with van der Waals surface area (Å²) >= 11 is 3.43. The van der Waals surface area contributed by atoms with Gasteiger partial charge < -0.3 is 16.0 Å². The Bertz CT molecular complexity index is 442. The van der Waals surface area contributed by atoms with Crippen LogP contribution in [0.1, 0.15) is 12.8 Å². The number of likely N-dealkylation sites (tertiary alicyclic amines) is 1. The first kappa shape index (κ1) is 13.4. The summed E-state index contributed by atoms with van der Waals surface area (Å²) in [6, 6.07) is 7.81. The highest BCUT2D eigenvalue weighted by molar-refractivity contribution is 9.10. The molecule has 1 aromatic rings. The van der Waals surface area contributed by atoms with E-state index in [4.69, 9.17) is 5.73 Å². The van der Waals surface area contributed by atoms with Gasteiger partial charge in [-0.2, -0.15) is 0 Å². The normalized spacial score (nSPS) is 19.4. The van der Waals surface area contributed by atoms with Gasteiger partial charge in [-0.1, -0.05) is 22.0 Å². The predicted octanol–water partition coefficient (Wildman–Crippen LogP) is 1.81. The number of carbonyl (C=O) groups is 1. The number of hydrogen-bond acceptors (Lipinski definition) is 3. The second kappa shape index (κ2) is 5.28. The van der Waals surface area contributed by atoms with E-state index in [1.165, 1.54) is 0 Å². The standard InChI is InChI=1S/C13H18BrN3O/c1-17-7-5-13(6-8-17,12(15)18)16-11-4-2-3-10(14)9-11/h2-4,9,16H,5-8H2,1H3,(H2,15,18). The molecular formula is C13H18BrN3O. The van der Waals surface area contributed by atoms with Crippen LogP contribution in [0.25, 0.3) is 0 Å². The maximum absolute atomic E-state index is 11.8. The first-order valence-corrected chi connectivity index (χ1v) is 6.83. The summed E-state index contributed by atoms with van der Waals surface area (Å²) in [5.41, 5.74) is 5.91. The highest BCUT2D eigenvalue weighted by Crippen LogP contribution is 2.27. The Labute approximate surface area is 116 Å². The number of nitrogens with two attached hydrogens (primary N) is 1. The second-order valence-corrected chi connectivity index (χ2v) is 5.80. The molecule has 0 bridgehead atoms. The summed E-state index contributed by atoms with van der Waals surface area (Å²) in [6.07, 6.45) is 1.48. The van der Waals surface area contributed by atoms with Gasteiger partial charge in [-0.05, 0) is 38.1 Å². The Kier molecular flexibility index (Phi) is 3.92. The molecule has 0 aliphatic carbocycles. The molecule has 0 unspecified atom stereocenters. The fraction of sp³-hybridized carbons (Fsp3) is 0.462. The lowest BCUT2D eigenvalue weighted by Crippen LogP contribution is -2.56. The maximum Gasteiger partial charge on any atom is 0.243 e. The van der Waals surface area contributed by atoms with Crippen LogP contribution >= 0.6 is 15.9 Å². The van der Waals surface area contributed by atoms with Gasteiger partial charge in [0.2, 0.25) is 5.91 Å². The first-order valence-electron chi connectivity index (χ1n) is 6.04. The lowest BCUT2D eigenvalue weighted by Gasteiger charge is -2.39. The third kappa shape index (κ3) is 2.84. The Hall–Kier alpha value is -1.07. The Morgan fingerprint density at radius 2 is 2.11 bits per heavy atom. The topological polar surface area (TPSA) is 58.4 Å². The Balaban J connectivity index is 2.19. The van der Waals surface area contributed by atoms with Gasteiger partial charge in [-0.3, -0.25) is 4.79 Å². The van der Waals surface area contributed by atoms with Gasteiger partial charge in [-0.25, -0.2) is 0 Å². The van der Waals surface area contributed by atoms with E-state index in [-0.39, 0.29) is 5.91 Å². The highest BCUT2D eigenvalue weighted by atomic mass is 79.9. The number of nitrogens with zero attached hydrogens (tertiary/aromatic N) is 1. The summed E-state index contributed by atoms with van der Waals surface area (Å²) < 4.78 is 0.986. The van der Waals surface area contributed by atoms with Crippen molar-refractivity contribution in [1.29, 1.82) is 0 Å². The SMILES string of the molecule is CN1CCC(Nc2cccc(Br)c2)(C(N)=O)CC1. The zero-order valence-electron chi connectivity index (χ0n) is 10.4. The van der Waals surface area contributed by atoms with Crippen molar-refractivity contribution in [2.75, 3.05) is 25.5 Å². The minimum absolute atomic E-state index is 0.268. The van der Waals surface area contributed by atoms with Crippen LogP contribution in [0.15, 0.2) is 28.7 Å². The van der Waals surface area contributed by atoms with Crippen molar-refractivity contribution < 1.29 is 4.79 Å². The number of benzene rings is 1. The van der Waals surface area contributed by atoms with Gasteiger partial charge in [-0.15, -0.1) is 0 Å². The van der Waals surface area contributed by atoms with Gasteiger partial charge in [0.25, 0.3) is 0 Å². The Morgan fingerprint density at radius 1 is 1.44 bits per heavy atom. The minimum atomic E-state index is -0.618. The molecule has 1 heterocycles. The van der Waals surface area contributed by atoms with E-state index in [0.29, 0.717) is 0 Å². The number of piperidine rings is 1. The summed E-state index contributed by atoms with van der Waals surface area (Å²) in [6.45, 7) is 1.76. The van der Waals surface area contributed by atoms with Gasteiger partial charge in [0.05, 0.1) is 0 Å². The second-order valence-electron chi connectivity index (χ2n) is 4.88. The molecule has 0 spiro atoms. The van der Waals surface area contributed by atoms with Crippen LogP contribution in [0.4, 0.5) is 5.69 Å². The van der Waals surface area contributed by atoms with E-state index in [0.717, 1.165) is 36.1 Å².